The zero-order chi connectivity index (χ0) is 19.8. The standard InChI is InChI=1S/C19H21BrN2O4S/c1-4-22-16-10-7-14(11-17(16)26-12-19(2,3)18(22)23)21-27(24,25)15-8-5-13(20)6-9-15/h5-11,21H,4,12H2,1-3H3. The molecule has 0 unspecified atom stereocenters. The average molecular weight is 453 g/mol. The molecule has 2 aromatic rings. The molecule has 0 fully saturated rings. The van der Waals surface area contributed by atoms with Crippen LogP contribution in [0, 0.1) is 5.41 Å². The van der Waals surface area contributed by atoms with Crippen LogP contribution in [0.2, 0.25) is 0 Å². The van der Waals surface area contributed by atoms with E-state index in [2.05, 4.69) is 20.7 Å². The van der Waals surface area contributed by atoms with Crippen LogP contribution in [0.5, 0.6) is 5.75 Å². The fourth-order valence-corrected chi connectivity index (χ4v) is 4.17. The number of halogens is 1. The molecule has 1 heterocycles. The molecule has 8 heteroatoms. The van der Waals surface area contributed by atoms with Gasteiger partial charge in [0.05, 0.1) is 21.7 Å². The molecule has 1 N–H and O–H groups in total. The lowest BCUT2D eigenvalue weighted by Crippen LogP contribution is -2.42. The van der Waals surface area contributed by atoms with Crippen LogP contribution >= 0.6 is 15.9 Å². The number of benzene rings is 2. The zero-order valence-corrected chi connectivity index (χ0v) is 17.7. The van der Waals surface area contributed by atoms with Crippen LogP contribution in [-0.2, 0) is 14.8 Å². The van der Waals surface area contributed by atoms with E-state index < -0.39 is 15.4 Å². The highest BCUT2D eigenvalue weighted by Gasteiger charge is 2.37. The maximum atomic E-state index is 12.7. The summed E-state index contributed by atoms with van der Waals surface area (Å²) >= 11 is 3.29. The topological polar surface area (TPSA) is 75.7 Å². The van der Waals surface area contributed by atoms with Crippen molar-refractivity contribution < 1.29 is 17.9 Å². The maximum absolute atomic E-state index is 12.7. The third kappa shape index (κ3) is 3.96. The quantitative estimate of drug-likeness (QED) is 0.759. The molecule has 0 saturated carbocycles. The minimum atomic E-state index is -3.73. The van der Waals surface area contributed by atoms with Crippen molar-refractivity contribution in [3.8, 4) is 5.75 Å². The molecule has 3 rings (SSSR count). The molecule has 1 aliphatic rings. The van der Waals surface area contributed by atoms with E-state index in [1.807, 2.05) is 20.8 Å². The van der Waals surface area contributed by atoms with Gasteiger partial charge in [-0.15, -0.1) is 0 Å². The molecule has 0 aromatic heterocycles. The van der Waals surface area contributed by atoms with Gasteiger partial charge in [-0.05, 0) is 57.2 Å². The van der Waals surface area contributed by atoms with E-state index >= 15 is 0 Å². The maximum Gasteiger partial charge on any atom is 0.261 e. The molecule has 144 valence electrons. The van der Waals surface area contributed by atoms with Gasteiger partial charge in [-0.2, -0.15) is 0 Å². The first-order chi connectivity index (χ1) is 12.6. The summed E-state index contributed by atoms with van der Waals surface area (Å²) in [6.07, 6.45) is 0. The summed E-state index contributed by atoms with van der Waals surface area (Å²) in [4.78, 5) is 14.5. The summed E-state index contributed by atoms with van der Waals surface area (Å²) < 4.78 is 34.4. The number of nitrogens with one attached hydrogen (secondary N) is 1. The molecule has 0 bridgehead atoms. The van der Waals surface area contributed by atoms with Crippen LogP contribution in [0.4, 0.5) is 11.4 Å². The normalized spacial score (nSPS) is 16.3. The second-order valence-electron chi connectivity index (χ2n) is 6.96. The Labute approximate surface area is 167 Å². The largest absolute Gasteiger partial charge is 0.490 e. The number of hydrogen-bond donors (Lipinski definition) is 1. The number of sulfonamides is 1. The smallest absolute Gasteiger partial charge is 0.261 e. The number of anilines is 2. The monoisotopic (exact) mass is 452 g/mol. The summed E-state index contributed by atoms with van der Waals surface area (Å²) in [6.45, 7) is 6.29. The third-order valence-electron chi connectivity index (χ3n) is 4.36. The molecule has 1 amide bonds. The van der Waals surface area contributed by atoms with Crippen LogP contribution < -0.4 is 14.4 Å². The van der Waals surface area contributed by atoms with Crippen molar-refractivity contribution in [1.29, 1.82) is 0 Å². The molecule has 2 aromatic carbocycles. The second-order valence-corrected chi connectivity index (χ2v) is 9.56. The number of fused-ring (bicyclic) bond motifs is 1. The Morgan fingerprint density at radius 2 is 1.85 bits per heavy atom. The SMILES string of the molecule is CCN1C(=O)C(C)(C)COc2cc(NS(=O)(=O)c3ccc(Br)cc3)ccc21. The van der Waals surface area contributed by atoms with E-state index in [4.69, 9.17) is 4.74 Å². The van der Waals surface area contributed by atoms with Crippen molar-refractivity contribution in [2.24, 2.45) is 5.41 Å². The summed E-state index contributed by atoms with van der Waals surface area (Å²) in [7, 11) is -3.73. The van der Waals surface area contributed by atoms with Gasteiger partial charge in [0.1, 0.15) is 12.4 Å². The summed E-state index contributed by atoms with van der Waals surface area (Å²) in [6, 6.07) is 11.3. The molecular weight excluding hydrogens is 432 g/mol. The number of hydrogen-bond acceptors (Lipinski definition) is 4. The van der Waals surface area contributed by atoms with Gasteiger partial charge in [-0.1, -0.05) is 15.9 Å². The number of carbonyl (C=O) groups excluding carboxylic acids is 1. The first-order valence-corrected chi connectivity index (χ1v) is 10.8. The third-order valence-corrected chi connectivity index (χ3v) is 6.28. The summed E-state index contributed by atoms with van der Waals surface area (Å²) in [5.41, 5.74) is 0.353. The van der Waals surface area contributed by atoms with Crippen LogP contribution in [0.15, 0.2) is 51.8 Å². The lowest BCUT2D eigenvalue weighted by molar-refractivity contribution is -0.127. The van der Waals surface area contributed by atoms with Crippen LogP contribution in [0.3, 0.4) is 0 Å². The number of nitrogens with zero attached hydrogens (tertiary/aromatic N) is 1. The lowest BCUT2D eigenvalue weighted by Gasteiger charge is -2.26. The summed E-state index contributed by atoms with van der Waals surface area (Å²) in [5, 5.41) is 0. The number of amides is 1. The predicted octanol–water partition coefficient (Wildman–Crippen LogP) is 4.02. The van der Waals surface area contributed by atoms with E-state index in [0.29, 0.717) is 23.7 Å². The van der Waals surface area contributed by atoms with E-state index in [-0.39, 0.29) is 17.4 Å². The van der Waals surface area contributed by atoms with Gasteiger partial charge in [-0.3, -0.25) is 9.52 Å². The minimum absolute atomic E-state index is 0.0213. The van der Waals surface area contributed by atoms with Crippen molar-refractivity contribution in [1.82, 2.24) is 0 Å². The van der Waals surface area contributed by atoms with Gasteiger partial charge in [0, 0.05) is 17.1 Å². The molecule has 0 radical (unpaired) electrons. The molecule has 0 spiro atoms. The molecule has 0 aliphatic carbocycles. The van der Waals surface area contributed by atoms with Gasteiger partial charge < -0.3 is 9.64 Å². The molecule has 6 nitrogen and oxygen atoms in total. The Morgan fingerprint density at radius 3 is 2.48 bits per heavy atom. The Morgan fingerprint density at radius 1 is 1.19 bits per heavy atom. The summed E-state index contributed by atoms with van der Waals surface area (Å²) in [5.74, 6) is 0.457. The van der Waals surface area contributed by atoms with Gasteiger partial charge >= 0.3 is 0 Å². The minimum Gasteiger partial charge on any atom is -0.490 e. The Balaban J connectivity index is 1.94. The first-order valence-electron chi connectivity index (χ1n) is 8.51. The number of rotatable bonds is 4. The highest BCUT2D eigenvalue weighted by molar-refractivity contribution is 9.10. The van der Waals surface area contributed by atoms with Crippen molar-refractivity contribution >= 4 is 43.2 Å². The average Bonchev–Trinajstić information content (AvgIpc) is 2.70. The molecule has 0 atom stereocenters. The Kier molecular flexibility index (Phi) is 5.22. The van der Waals surface area contributed by atoms with Gasteiger partial charge in [0.2, 0.25) is 5.91 Å². The van der Waals surface area contributed by atoms with Crippen LogP contribution in [-0.4, -0.2) is 27.5 Å². The van der Waals surface area contributed by atoms with E-state index in [0.717, 1.165) is 4.47 Å². The number of ether oxygens (including phenoxy) is 1. The second kappa shape index (κ2) is 7.16. The zero-order valence-electron chi connectivity index (χ0n) is 15.3. The van der Waals surface area contributed by atoms with E-state index in [1.165, 1.54) is 12.1 Å². The predicted molar refractivity (Wildman–Crippen MR) is 109 cm³/mol. The van der Waals surface area contributed by atoms with E-state index in [9.17, 15) is 13.2 Å². The molecule has 27 heavy (non-hydrogen) atoms. The fraction of sp³-hybridized carbons (Fsp3) is 0.316. The van der Waals surface area contributed by atoms with Gasteiger partial charge in [0.25, 0.3) is 10.0 Å². The van der Waals surface area contributed by atoms with E-state index in [1.54, 1.807) is 35.2 Å². The fourth-order valence-electron chi connectivity index (χ4n) is 2.85. The number of carbonyl (C=O) groups is 1. The Bertz CT molecular complexity index is 972. The molecular formula is C19H21BrN2O4S. The Hall–Kier alpha value is -2.06. The highest BCUT2D eigenvalue weighted by atomic mass is 79.9. The van der Waals surface area contributed by atoms with Gasteiger partial charge in [-0.25, -0.2) is 8.42 Å². The van der Waals surface area contributed by atoms with Crippen LogP contribution in [0.25, 0.3) is 0 Å². The van der Waals surface area contributed by atoms with Crippen LogP contribution in [0.1, 0.15) is 20.8 Å². The highest BCUT2D eigenvalue weighted by Crippen LogP contribution is 2.38. The van der Waals surface area contributed by atoms with Crippen molar-refractivity contribution in [2.45, 2.75) is 25.7 Å². The molecule has 0 saturated heterocycles. The first kappa shape index (κ1) is 19.7. The lowest BCUT2D eigenvalue weighted by atomic mass is 9.93. The molecule has 1 aliphatic heterocycles. The van der Waals surface area contributed by atoms with Crippen molar-refractivity contribution in [3.05, 3.63) is 46.9 Å². The van der Waals surface area contributed by atoms with Crippen molar-refractivity contribution in [3.63, 3.8) is 0 Å². The van der Waals surface area contributed by atoms with Crippen molar-refractivity contribution in [2.75, 3.05) is 22.8 Å². The van der Waals surface area contributed by atoms with Gasteiger partial charge in [0.15, 0.2) is 0 Å².